The number of amides is 1. The summed E-state index contributed by atoms with van der Waals surface area (Å²) in [4.78, 5) is 12.6. The summed E-state index contributed by atoms with van der Waals surface area (Å²) in [6, 6.07) is 11.7. The van der Waals surface area contributed by atoms with E-state index in [9.17, 15) is 4.79 Å². The molecule has 4 heteroatoms. The molecule has 2 aromatic rings. The molecule has 27 heavy (non-hydrogen) atoms. The standard InChI is InChI=1S/C23H29NO3/c1-15(2)19-8-7-9-20(16(3)4)23(19)24-22(25)13-11-17-10-12-18(26-5)14-21(17)27-6/h7-16H,1-6H3,(H,24,25). The molecule has 0 radical (unpaired) electrons. The van der Waals surface area contributed by atoms with Gasteiger partial charge in [0.2, 0.25) is 5.91 Å². The van der Waals surface area contributed by atoms with E-state index in [1.54, 1.807) is 26.4 Å². The number of hydrogen-bond acceptors (Lipinski definition) is 3. The monoisotopic (exact) mass is 367 g/mol. The Labute approximate surface area is 162 Å². The van der Waals surface area contributed by atoms with Crippen molar-refractivity contribution < 1.29 is 14.3 Å². The highest BCUT2D eigenvalue weighted by Crippen LogP contribution is 2.32. The molecule has 2 aromatic carbocycles. The van der Waals surface area contributed by atoms with E-state index >= 15 is 0 Å². The molecule has 2 rings (SSSR count). The number of anilines is 1. The Bertz CT molecular complexity index is 796. The van der Waals surface area contributed by atoms with Gasteiger partial charge in [0.15, 0.2) is 0 Å². The van der Waals surface area contributed by atoms with E-state index in [4.69, 9.17) is 9.47 Å². The summed E-state index contributed by atoms with van der Waals surface area (Å²) in [6.45, 7) is 8.53. The summed E-state index contributed by atoms with van der Waals surface area (Å²) in [7, 11) is 3.20. The maximum atomic E-state index is 12.6. The highest BCUT2D eigenvalue weighted by molar-refractivity contribution is 6.03. The summed E-state index contributed by atoms with van der Waals surface area (Å²) in [5.74, 6) is 1.85. The summed E-state index contributed by atoms with van der Waals surface area (Å²) in [5, 5.41) is 3.08. The third kappa shape index (κ3) is 5.13. The molecule has 0 saturated carbocycles. The van der Waals surface area contributed by atoms with Gasteiger partial charge < -0.3 is 14.8 Å². The van der Waals surface area contributed by atoms with E-state index in [2.05, 4.69) is 51.2 Å². The van der Waals surface area contributed by atoms with Crippen LogP contribution >= 0.6 is 0 Å². The topological polar surface area (TPSA) is 47.6 Å². The molecule has 0 saturated heterocycles. The fraction of sp³-hybridized carbons (Fsp3) is 0.348. The van der Waals surface area contributed by atoms with Gasteiger partial charge in [-0.05, 0) is 41.2 Å². The zero-order chi connectivity index (χ0) is 20.0. The molecule has 0 aliphatic heterocycles. The van der Waals surface area contributed by atoms with Crippen molar-refractivity contribution in [2.45, 2.75) is 39.5 Å². The lowest BCUT2D eigenvalue weighted by Crippen LogP contribution is -2.13. The fourth-order valence-corrected chi connectivity index (χ4v) is 2.98. The Morgan fingerprint density at radius 2 is 1.59 bits per heavy atom. The maximum absolute atomic E-state index is 12.6. The first kappa shape index (κ1) is 20.6. The van der Waals surface area contributed by atoms with Crippen LogP contribution in [-0.2, 0) is 4.79 Å². The third-order valence-electron chi connectivity index (χ3n) is 4.48. The largest absolute Gasteiger partial charge is 0.497 e. The van der Waals surface area contributed by atoms with Crippen molar-refractivity contribution in [1.29, 1.82) is 0 Å². The average Bonchev–Trinajstić information content (AvgIpc) is 2.65. The van der Waals surface area contributed by atoms with E-state index in [1.165, 1.54) is 6.08 Å². The van der Waals surface area contributed by atoms with Gasteiger partial charge in [-0.3, -0.25) is 4.79 Å². The van der Waals surface area contributed by atoms with Crippen LogP contribution in [0.3, 0.4) is 0 Å². The van der Waals surface area contributed by atoms with E-state index in [1.807, 2.05) is 12.1 Å². The summed E-state index contributed by atoms with van der Waals surface area (Å²) >= 11 is 0. The van der Waals surface area contributed by atoms with Gasteiger partial charge in [0, 0.05) is 23.4 Å². The molecule has 0 aliphatic rings. The Morgan fingerprint density at radius 3 is 2.11 bits per heavy atom. The van der Waals surface area contributed by atoms with Gasteiger partial charge in [-0.25, -0.2) is 0 Å². The normalized spacial score (nSPS) is 11.3. The maximum Gasteiger partial charge on any atom is 0.248 e. The number of carbonyl (C=O) groups is 1. The lowest BCUT2D eigenvalue weighted by Gasteiger charge is -2.19. The predicted molar refractivity (Wildman–Crippen MR) is 112 cm³/mol. The second-order valence-corrected chi connectivity index (χ2v) is 7.05. The van der Waals surface area contributed by atoms with Crippen molar-refractivity contribution in [3.63, 3.8) is 0 Å². The van der Waals surface area contributed by atoms with Crippen LogP contribution in [0.2, 0.25) is 0 Å². The van der Waals surface area contributed by atoms with Gasteiger partial charge >= 0.3 is 0 Å². The van der Waals surface area contributed by atoms with Crippen LogP contribution in [0.1, 0.15) is 56.2 Å². The molecule has 1 N–H and O–H groups in total. The third-order valence-corrected chi connectivity index (χ3v) is 4.48. The molecule has 0 unspecified atom stereocenters. The zero-order valence-corrected chi connectivity index (χ0v) is 17.0. The van der Waals surface area contributed by atoms with Crippen LogP contribution in [0.5, 0.6) is 11.5 Å². The van der Waals surface area contributed by atoms with E-state index in [0.29, 0.717) is 23.3 Å². The molecule has 0 fully saturated rings. The smallest absolute Gasteiger partial charge is 0.248 e. The summed E-state index contributed by atoms with van der Waals surface area (Å²) in [5.41, 5.74) is 4.02. The van der Waals surface area contributed by atoms with Gasteiger partial charge in [0.05, 0.1) is 14.2 Å². The highest BCUT2D eigenvalue weighted by atomic mass is 16.5. The zero-order valence-electron chi connectivity index (χ0n) is 17.0. The van der Waals surface area contributed by atoms with Crippen LogP contribution in [-0.4, -0.2) is 20.1 Å². The molecule has 0 aliphatic carbocycles. The van der Waals surface area contributed by atoms with Crippen molar-refractivity contribution in [2.75, 3.05) is 19.5 Å². The van der Waals surface area contributed by atoms with Gasteiger partial charge in [0.1, 0.15) is 11.5 Å². The highest BCUT2D eigenvalue weighted by Gasteiger charge is 2.15. The lowest BCUT2D eigenvalue weighted by molar-refractivity contribution is -0.111. The van der Waals surface area contributed by atoms with Gasteiger partial charge in [-0.15, -0.1) is 0 Å². The molecule has 0 aromatic heterocycles. The van der Waals surface area contributed by atoms with Crippen LogP contribution in [0.15, 0.2) is 42.5 Å². The fourth-order valence-electron chi connectivity index (χ4n) is 2.98. The van der Waals surface area contributed by atoms with Crippen LogP contribution < -0.4 is 14.8 Å². The average molecular weight is 367 g/mol. The second-order valence-electron chi connectivity index (χ2n) is 7.05. The number of para-hydroxylation sites is 1. The second kappa shape index (κ2) is 9.26. The Morgan fingerprint density at radius 1 is 0.963 bits per heavy atom. The minimum absolute atomic E-state index is 0.164. The minimum atomic E-state index is -0.164. The first-order valence-electron chi connectivity index (χ1n) is 9.21. The van der Waals surface area contributed by atoms with Gasteiger partial charge in [-0.1, -0.05) is 45.9 Å². The molecule has 0 heterocycles. The number of hydrogen-bond donors (Lipinski definition) is 1. The Hall–Kier alpha value is -2.75. The van der Waals surface area contributed by atoms with Gasteiger partial charge in [-0.2, -0.15) is 0 Å². The van der Waals surface area contributed by atoms with Crippen LogP contribution in [0.25, 0.3) is 6.08 Å². The van der Waals surface area contributed by atoms with E-state index in [0.717, 1.165) is 22.4 Å². The molecule has 0 atom stereocenters. The number of carbonyl (C=O) groups excluding carboxylic acids is 1. The molecule has 0 spiro atoms. The summed E-state index contributed by atoms with van der Waals surface area (Å²) < 4.78 is 10.6. The van der Waals surface area contributed by atoms with Gasteiger partial charge in [0.25, 0.3) is 0 Å². The quantitative estimate of drug-likeness (QED) is 0.648. The van der Waals surface area contributed by atoms with Crippen LogP contribution in [0, 0.1) is 0 Å². The molecule has 4 nitrogen and oxygen atoms in total. The number of benzene rings is 2. The molecular formula is C23H29NO3. The molecule has 1 amide bonds. The predicted octanol–water partition coefficient (Wildman–Crippen LogP) is 5.60. The van der Waals surface area contributed by atoms with E-state index in [-0.39, 0.29) is 5.91 Å². The number of ether oxygens (including phenoxy) is 2. The lowest BCUT2D eigenvalue weighted by atomic mass is 9.92. The first-order chi connectivity index (χ1) is 12.9. The molecular weight excluding hydrogens is 338 g/mol. The van der Waals surface area contributed by atoms with Crippen molar-refractivity contribution in [3.8, 4) is 11.5 Å². The molecule has 144 valence electrons. The number of nitrogens with one attached hydrogen (secondary N) is 1. The summed E-state index contributed by atoms with van der Waals surface area (Å²) in [6.07, 6.45) is 3.28. The molecule has 0 bridgehead atoms. The van der Waals surface area contributed by atoms with Crippen molar-refractivity contribution in [2.24, 2.45) is 0 Å². The van der Waals surface area contributed by atoms with Crippen molar-refractivity contribution in [3.05, 3.63) is 59.2 Å². The van der Waals surface area contributed by atoms with Crippen LogP contribution in [0.4, 0.5) is 5.69 Å². The number of methoxy groups -OCH3 is 2. The Balaban J connectivity index is 2.27. The van der Waals surface area contributed by atoms with Crippen molar-refractivity contribution >= 4 is 17.7 Å². The SMILES string of the molecule is COc1ccc(C=CC(=O)Nc2c(C(C)C)cccc2C(C)C)c(OC)c1. The number of rotatable bonds is 7. The first-order valence-corrected chi connectivity index (χ1v) is 9.21. The minimum Gasteiger partial charge on any atom is -0.497 e. The van der Waals surface area contributed by atoms with E-state index < -0.39 is 0 Å². The Kier molecular flexibility index (Phi) is 7.05. The van der Waals surface area contributed by atoms with Crippen molar-refractivity contribution in [1.82, 2.24) is 0 Å².